The zero-order valence-corrected chi connectivity index (χ0v) is 14.8. The highest BCUT2D eigenvalue weighted by Crippen LogP contribution is 2.15. The van der Waals surface area contributed by atoms with Gasteiger partial charge in [0.15, 0.2) is 5.65 Å². The molecule has 3 heterocycles. The van der Waals surface area contributed by atoms with Crippen molar-refractivity contribution in [1.29, 1.82) is 0 Å². The maximum atomic E-state index is 12.9. The van der Waals surface area contributed by atoms with Gasteiger partial charge in [-0.1, -0.05) is 17.7 Å². The Morgan fingerprint density at radius 3 is 2.73 bits per heavy atom. The molecule has 0 amide bonds. The highest BCUT2D eigenvalue weighted by Gasteiger charge is 2.17. The number of aromatic carboxylic acids is 1. The molecular weight excluding hydrogens is 360 g/mol. The van der Waals surface area contributed by atoms with Crippen molar-refractivity contribution in [3.63, 3.8) is 0 Å². The number of ether oxygens (including phenoxy) is 1. The molecule has 3 aromatic heterocycles. The normalized spacial score (nSPS) is 11.2. The molecular formula is C17H17ClN4O4. The first-order valence-electron chi connectivity index (χ1n) is 8.01. The fourth-order valence-corrected chi connectivity index (χ4v) is 2.76. The van der Waals surface area contributed by atoms with Crippen LogP contribution in [-0.2, 0) is 17.8 Å². The lowest BCUT2D eigenvalue weighted by molar-refractivity contribution is 0.0696. The van der Waals surface area contributed by atoms with Crippen LogP contribution in [0.1, 0.15) is 22.8 Å². The largest absolute Gasteiger partial charge is 0.478 e. The summed E-state index contributed by atoms with van der Waals surface area (Å²) >= 11 is 5.80. The predicted octanol–water partition coefficient (Wildman–Crippen LogP) is 2.03. The number of hydrogen-bond donors (Lipinski definition) is 1. The van der Waals surface area contributed by atoms with Crippen LogP contribution in [0.15, 0.2) is 35.4 Å². The molecule has 136 valence electrons. The maximum absolute atomic E-state index is 12.9. The molecule has 0 aliphatic heterocycles. The Kier molecular flexibility index (Phi) is 5.34. The standard InChI is InChI=1S/C17H17ClN4O4/c1-2-26-6-5-21-15-13(7-12(9-20-15)16(23)24)22(17(21)25)10-11-3-4-14(18)19-8-11/h3-4,7-9H,2,5-6,10H2,1H3,(H,23,24). The number of nitrogens with zero attached hydrogens (tertiary/aromatic N) is 4. The van der Waals surface area contributed by atoms with Crippen LogP contribution in [-0.4, -0.2) is 43.4 Å². The molecule has 26 heavy (non-hydrogen) atoms. The van der Waals surface area contributed by atoms with Gasteiger partial charge in [0.2, 0.25) is 0 Å². The number of imidazole rings is 1. The molecule has 3 aromatic rings. The van der Waals surface area contributed by atoms with Crippen LogP contribution in [0, 0.1) is 0 Å². The molecule has 8 nitrogen and oxygen atoms in total. The first kappa shape index (κ1) is 18.1. The highest BCUT2D eigenvalue weighted by atomic mass is 35.5. The molecule has 0 aromatic carbocycles. The number of rotatable bonds is 7. The van der Waals surface area contributed by atoms with Gasteiger partial charge in [0, 0.05) is 19.0 Å². The lowest BCUT2D eigenvalue weighted by atomic mass is 10.2. The number of aromatic nitrogens is 4. The summed E-state index contributed by atoms with van der Waals surface area (Å²) in [7, 11) is 0. The molecule has 0 fully saturated rings. The third kappa shape index (κ3) is 3.61. The molecule has 0 aliphatic rings. The van der Waals surface area contributed by atoms with Crippen LogP contribution in [0.25, 0.3) is 11.2 Å². The smallest absolute Gasteiger partial charge is 0.337 e. The fraction of sp³-hybridized carbons (Fsp3) is 0.294. The number of hydrogen-bond acceptors (Lipinski definition) is 5. The van der Waals surface area contributed by atoms with E-state index in [1.54, 1.807) is 18.3 Å². The second-order valence-electron chi connectivity index (χ2n) is 5.58. The first-order valence-corrected chi connectivity index (χ1v) is 8.39. The molecule has 0 atom stereocenters. The summed E-state index contributed by atoms with van der Waals surface area (Å²) in [5.74, 6) is -1.10. The number of carboxylic acid groups (broad SMARTS) is 1. The Bertz CT molecular complexity index is 994. The second-order valence-corrected chi connectivity index (χ2v) is 5.97. The Hall–Kier alpha value is -2.71. The summed E-state index contributed by atoms with van der Waals surface area (Å²) in [6.45, 7) is 3.33. The van der Waals surface area contributed by atoms with E-state index in [9.17, 15) is 14.7 Å². The molecule has 0 aliphatic carbocycles. The Labute approximate surface area is 153 Å². The summed E-state index contributed by atoms with van der Waals surface area (Å²) in [6.07, 6.45) is 2.82. The van der Waals surface area contributed by atoms with Crippen LogP contribution >= 0.6 is 11.6 Å². The summed E-state index contributed by atoms with van der Waals surface area (Å²) in [6, 6.07) is 4.85. The fourth-order valence-electron chi connectivity index (χ4n) is 2.65. The first-order chi connectivity index (χ1) is 12.5. The average Bonchev–Trinajstić information content (AvgIpc) is 2.88. The number of carboxylic acids is 1. The lowest BCUT2D eigenvalue weighted by Gasteiger charge is -2.04. The Morgan fingerprint density at radius 2 is 2.08 bits per heavy atom. The van der Waals surface area contributed by atoms with E-state index in [0.717, 1.165) is 5.56 Å². The van der Waals surface area contributed by atoms with E-state index in [0.29, 0.717) is 36.1 Å². The summed E-state index contributed by atoms with van der Waals surface area (Å²) < 4.78 is 8.29. The Morgan fingerprint density at radius 1 is 1.27 bits per heavy atom. The average molecular weight is 377 g/mol. The maximum Gasteiger partial charge on any atom is 0.337 e. The molecule has 0 saturated heterocycles. The summed E-state index contributed by atoms with van der Waals surface area (Å²) in [5, 5.41) is 9.58. The molecule has 0 bridgehead atoms. The molecule has 0 unspecified atom stereocenters. The Balaban J connectivity index is 2.10. The molecule has 0 spiro atoms. The van der Waals surface area contributed by atoms with Crippen LogP contribution in [0.2, 0.25) is 5.15 Å². The van der Waals surface area contributed by atoms with Crippen LogP contribution < -0.4 is 5.69 Å². The number of halogens is 1. The molecule has 1 N–H and O–H groups in total. The van der Waals surface area contributed by atoms with Crippen LogP contribution in [0.3, 0.4) is 0 Å². The van der Waals surface area contributed by atoms with Crippen molar-refractivity contribution < 1.29 is 14.6 Å². The van der Waals surface area contributed by atoms with E-state index in [-0.39, 0.29) is 17.8 Å². The minimum Gasteiger partial charge on any atom is -0.478 e. The van der Waals surface area contributed by atoms with Crippen LogP contribution in [0.5, 0.6) is 0 Å². The monoisotopic (exact) mass is 376 g/mol. The molecule has 9 heteroatoms. The van der Waals surface area contributed by atoms with Gasteiger partial charge in [0.05, 0.1) is 30.8 Å². The number of pyridine rings is 2. The minimum atomic E-state index is -1.10. The van der Waals surface area contributed by atoms with Gasteiger partial charge >= 0.3 is 11.7 Å². The van der Waals surface area contributed by atoms with Gasteiger partial charge in [-0.15, -0.1) is 0 Å². The van der Waals surface area contributed by atoms with E-state index in [1.165, 1.54) is 21.4 Å². The van der Waals surface area contributed by atoms with E-state index in [1.807, 2.05) is 6.92 Å². The topological polar surface area (TPSA) is 99.2 Å². The third-order valence-electron chi connectivity index (χ3n) is 3.90. The van der Waals surface area contributed by atoms with Gasteiger partial charge in [-0.3, -0.25) is 9.13 Å². The SMILES string of the molecule is CCOCCn1c(=O)n(Cc2ccc(Cl)nc2)c2cc(C(=O)O)cnc21. The van der Waals surface area contributed by atoms with E-state index in [4.69, 9.17) is 16.3 Å². The van der Waals surface area contributed by atoms with Gasteiger partial charge in [0.1, 0.15) is 5.15 Å². The number of fused-ring (bicyclic) bond motifs is 1. The molecule has 3 rings (SSSR count). The van der Waals surface area contributed by atoms with Crippen LogP contribution in [0.4, 0.5) is 0 Å². The molecule has 0 saturated carbocycles. The zero-order chi connectivity index (χ0) is 18.7. The van der Waals surface area contributed by atoms with Gasteiger partial charge < -0.3 is 9.84 Å². The van der Waals surface area contributed by atoms with E-state index in [2.05, 4.69) is 9.97 Å². The van der Waals surface area contributed by atoms with Gasteiger partial charge in [-0.05, 0) is 24.6 Å². The molecule has 0 radical (unpaired) electrons. The van der Waals surface area contributed by atoms with Crippen molar-refractivity contribution in [3.05, 3.63) is 57.4 Å². The number of carbonyl (C=O) groups is 1. The predicted molar refractivity (Wildman–Crippen MR) is 95.8 cm³/mol. The minimum absolute atomic E-state index is 0.0161. The highest BCUT2D eigenvalue weighted by molar-refractivity contribution is 6.29. The van der Waals surface area contributed by atoms with E-state index < -0.39 is 5.97 Å². The quantitative estimate of drug-likeness (QED) is 0.500. The van der Waals surface area contributed by atoms with Gasteiger partial charge in [-0.25, -0.2) is 19.6 Å². The van der Waals surface area contributed by atoms with E-state index >= 15 is 0 Å². The van der Waals surface area contributed by atoms with Crippen molar-refractivity contribution in [2.45, 2.75) is 20.0 Å². The zero-order valence-electron chi connectivity index (χ0n) is 14.1. The van der Waals surface area contributed by atoms with Crippen molar-refractivity contribution in [2.24, 2.45) is 0 Å². The summed E-state index contributed by atoms with van der Waals surface area (Å²) in [5.41, 5.74) is 1.36. The van der Waals surface area contributed by atoms with Crippen molar-refractivity contribution in [3.8, 4) is 0 Å². The second kappa shape index (κ2) is 7.67. The van der Waals surface area contributed by atoms with Crippen molar-refractivity contribution >= 4 is 28.7 Å². The van der Waals surface area contributed by atoms with Crippen molar-refractivity contribution in [1.82, 2.24) is 19.1 Å². The van der Waals surface area contributed by atoms with Gasteiger partial charge in [0.25, 0.3) is 0 Å². The lowest BCUT2D eigenvalue weighted by Crippen LogP contribution is -2.26. The third-order valence-corrected chi connectivity index (χ3v) is 4.12. The van der Waals surface area contributed by atoms with Gasteiger partial charge in [-0.2, -0.15) is 0 Å². The summed E-state index contributed by atoms with van der Waals surface area (Å²) in [4.78, 5) is 32.3. The van der Waals surface area contributed by atoms with Crippen molar-refractivity contribution in [2.75, 3.05) is 13.2 Å².